The van der Waals surface area contributed by atoms with Crippen molar-refractivity contribution in [2.24, 2.45) is 5.16 Å². The van der Waals surface area contributed by atoms with E-state index in [1.54, 1.807) is 12.3 Å². The summed E-state index contributed by atoms with van der Waals surface area (Å²) in [5.74, 6) is -0.302. The van der Waals surface area contributed by atoms with Gasteiger partial charge >= 0.3 is 5.97 Å². The Morgan fingerprint density at radius 1 is 1.86 bits per heavy atom. The number of oxime groups is 1. The highest BCUT2D eigenvalue weighted by molar-refractivity contribution is 7.13. The minimum Gasteiger partial charge on any atom is -0.462 e. The Morgan fingerprint density at radius 2 is 2.64 bits per heavy atom. The van der Waals surface area contributed by atoms with Crippen molar-refractivity contribution in [2.75, 3.05) is 12.3 Å². The quantitative estimate of drug-likeness (QED) is 0.452. The normalized spacial score (nSPS) is 10.4. The number of nitrogen functional groups attached to an aromatic ring is 1. The number of rotatable bonds is 4. The summed E-state index contributed by atoms with van der Waals surface area (Å²) < 4.78 is 4.57. The van der Waals surface area contributed by atoms with E-state index in [0.29, 0.717) is 11.7 Å². The molecule has 1 rings (SSSR count). The minimum absolute atomic E-state index is 0.257. The molecule has 0 radical (unpaired) electrons. The largest absolute Gasteiger partial charge is 0.462 e. The highest BCUT2D eigenvalue weighted by atomic mass is 32.1. The fourth-order valence-corrected chi connectivity index (χ4v) is 1.08. The highest BCUT2D eigenvalue weighted by Crippen LogP contribution is 2.17. The number of aromatic nitrogens is 1. The SMILES string of the molecule is CCOC(=O)/C=N\Oc1csc(N)n1. The summed E-state index contributed by atoms with van der Waals surface area (Å²) in [6.45, 7) is 2.00. The smallest absolute Gasteiger partial charge is 0.352 e. The van der Waals surface area contributed by atoms with Gasteiger partial charge < -0.3 is 15.3 Å². The lowest BCUT2D eigenvalue weighted by molar-refractivity contribution is -0.134. The maximum absolute atomic E-state index is 10.7. The zero-order valence-corrected chi connectivity index (χ0v) is 8.28. The molecular formula is C7H9N3O3S. The van der Waals surface area contributed by atoms with Gasteiger partial charge in [0.1, 0.15) is 0 Å². The van der Waals surface area contributed by atoms with Gasteiger partial charge in [-0.05, 0) is 6.92 Å². The molecule has 0 saturated heterocycles. The first-order valence-corrected chi connectivity index (χ1v) is 4.68. The van der Waals surface area contributed by atoms with E-state index >= 15 is 0 Å². The molecule has 76 valence electrons. The Morgan fingerprint density at radius 3 is 3.21 bits per heavy atom. The Balaban J connectivity index is 2.36. The van der Waals surface area contributed by atoms with Gasteiger partial charge in [0.15, 0.2) is 11.3 Å². The van der Waals surface area contributed by atoms with E-state index in [9.17, 15) is 4.79 Å². The number of nitrogens with two attached hydrogens (primary N) is 1. The number of ether oxygens (including phenoxy) is 1. The van der Waals surface area contributed by atoms with Gasteiger partial charge in [-0.25, -0.2) is 4.79 Å². The summed E-state index contributed by atoms with van der Waals surface area (Å²) in [4.78, 5) is 19.2. The minimum atomic E-state index is -0.560. The number of hydrogen-bond donors (Lipinski definition) is 1. The van der Waals surface area contributed by atoms with Crippen LogP contribution >= 0.6 is 11.3 Å². The Bertz CT molecular complexity index is 337. The predicted molar refractivity (Wildman–Crippen MR) is 52.3 cm³/mol. The molecule has 0 atom stereocenters. The van der Waals surface area contributed by atoms with Gasteiger partial charge in [0.05, 0.1) is 12.0 Å². The molecule has 0 unspecified atom stereocenters. The molecule has 0 spiro atoms. The van der Waals surface area contributed by atoms with Gasteiger partial charge in [0, 0.05) is 0 Å². The molecule has 1 aromatic heterocycles. The molecule has 1 heterocycles. The first kappa shape index (κ1) is 10.5. The van der Waals surface area contributed by atoms with Gasteiger partial charge in [-0.15, -0.1) is 11.3 Å². The fraction of sp³-hybridized carbons (Fsp3) is 0.286. The monoisotopic (exact) mass is 215 g/mol. The molecule has 1 aromatic rings. The third-order valence-corrected chi connectivity index (χ3v) is 1.74. The van der Waals surface area contributed by atoms with E-state index in [-0.39, 0.29) is 5.88 Å². The third-order valence-electron chi connectivity index (χ3n) is 1.09. The van der Waals surface area contributed by atoms with Gasteiger partial charge in [-0.1, -0.05) is 5.16 Å². The van der Waals surface area contributed by atoms with Crippen LogP contribution in [0.3, 0.4) is 0 Å². The van der Waals surface area contributed by atoms with Crippen molar-refractivity contribution in [3.05, 3.63) is 5.38 Å². The van der Waals surface area contributed by atoms with Crippen molar-refractivity contribution in [1.82, 2.24) is 4.98 Å². The van der Waals surface area contributed by atoms with Gasteiger partial charge in [0.25, 0.3) is 5.88 Å². The van der Waals surface area contributed by atoms with Crippen LogP contribution in [0.2, 0.25) is 0 Å². The van der Waals surface area contributed by atoms with Gasteiger partial charge in [0.2, 0.25) is 0 Å². The van der Waals surface area contributed by atoms with Gasteiger partial charge in [-0.2, -0.15) is 4.98 Å². The summed E-state index contributed by atoms with van der Waals surface area (Å²) in [5.41, 5.74) is 5.34. The molecule has 2 N–H and O–H groups in total. The predicted octanol–water partition coefficient (Wildman–Crippen LogP) is 0.653. The van der Waals surface area contributed by atoms with E-state index < -0.39 is 5.97 Å². The van der Waals surface area contributed by atoms with E-state index in [0.717, 1.165) is 6.21 Å². The third kappa shape index (κ3) is 3.40. The lowest BCUT2D eigenvalue weighted by atomic mass is 10.7. The summed E-state index contributed by atoms with van der Waals surface area (Å²) in [5, 5.41) is 5.32. The molecule has 14 heavy (non-hydrogen) atoms. The number of esters is 1. The van der Waals surface area contributed by atoms with Crippen molar-refractivity contribution in [3.63, 3.8) is 0 Å². The second kappa shape index (κ2) is 5.18. The summed E-state index contributed by atoms with van der Waals surface area (Å²) in [6, 6.07) is 0. The molecule has 0 aliphatic heterocycles. The Kier molecular flexibility index (Phi) is 3.86. The molecule has 0 aliphatic carbocycles. The van der Waals surface area contributed by atoms with Crippen molar-refractivity contribution >= 4 is 28.7 Å². The van der Waals surface area contributed by atoms with Gasteiger partial charge in [-0.3, -0.25) is 0 Å². The van der Waals surface area contributed by atoms with E-state index in [4.69, 9.17) is 10.6 Å². The molecule has 0 saturated carbocycles. The Hall–Kier alpha value is -1.63. The van der Waals surface area contributed by atoms with Crippen LogP contribution in [0.25, 0.3) is 0 Å². The lowest BCUT2D eigenvalue weighted by Gasteiger charge is -1.93. The first-order valence-electron chi connectivity index (χ1n) is 3.80. The van der Waals surface area contributed by atoms with Crippen molar-refractivity contribution in [2.45, 2.75) is 6.92 Å². The standard InChI is InChI=1S/C7H9N3O3S/c1-2-12-6(11)3-9-13-5-4-14-7(8)10-5/h3-4H,2H2,1H3,(H2,8,10)/b9-3-. The van der Waals surface area contributed by atoms with Crippen LogP contribution in [-0.4, -0.2) is 23.8 Å². The molecule has 0 amide bonds. The van der Waals surface area contributed by atoms with Crippen LogP contribution in [0, 0.1) is 0 Å². The van der Waals surface area contributed by atoms with Crippen molar-refractivity contribution in [3.8, 4) is 5.88 Å². The number of carbonyl (C=O) groups is 1. The van der Waals surface area contributed by atoms with Crippen molar-refractivity contribution in [1.29, 1.82) is 0 Å². The highest BCUT2D eigenvalue weighted by Gasteiger charge is 1.99. The maximum atomic E-state index is 10.7. The molecule has 0 aromatic carbocycles. The lowest BCUT2D eigenvalue weighted by Crippen LogP contribution is -2.05. The number of hydrogen-bond acceptors (Lipinski definition) is 7. The van der Waals surface area contributed by atoms with E-state index in [1.165, 1.54) is 11.3 Å². The maximum Gasteiger partial charge on any atom is 0.352 e. The number of thiazole rings is 1. The summed E-state index contributed by atoms with van der Waals surface area (Å²) >= 11 is 1.23. The molecule has 0 bridgehead atoms. The fourth-order valence-electron chi connectivity index (χ4n) is 0.617. The van der Waals surface area contributed by atoms with E-state index in [1.807, 2.05) is 0 Å². The first-order chi connectivity index (χ1) is 6.72. The molecule has 6 nitrogen and oxygen atoms in total. The topological polar surface area (TPSA) is 86.8 Å². The molecule has 7 heteroatoms. The molecular weight excluding hydrogens is 206 g/mol. The summed E-state index contributed by atoms with van der Waals surface area (Å²) in [7, 11) is 0. The Labute approximate surface area is 84.3 Å². The average Bonchev–Trinajstić information content (AvgIpc) is 2.52. The van der Waals surface area contributed by atoms with Crippen LogP contribution in [0.15, 0.2) is 10.5 Å². The second-order valence-electron chi connectivity index (χ2n) is 2.10. The summed E-state index contributed by atoms with van der Waals surface area (Å²) in [6.07, 6.45) is 0.930. The van der Waals surface area contributed by atoms with Crippen LogP contribution in [0.1, 0.15) is 6.92 Å². The average molecular weight is 215 g/mol. The molecule has 0 fully saturated rings. The van der Waals surface area contributed by atoms with E-state index in [2.05, 4.69) is 14.9 Å². The zero-order valence-electron chi connectivity index (χ0n) is 7.47. The second-order valence-corrected chi connectivity index (χ2v) is 2.99. The number of carbonyl (C=O) groups excluding carboxylic acids is 1. The van der Waals surface area contributed by atoms with Crippen LogP contribution in [0.5, 0.6) is 5.88 Å². The molecule has 0 aliphatic rings. The van der Waals surface area contributed by atoms with Crippen molar-refractivity contribution < 1.29 is 14.4 Å². The van der Waals surface area contributed by atoms with Crippen LogP contribution < -0.4 is 10.6 Å². The van der Waals surface area contributed by atoms with Crippen LogP contribution in [-0.2, 0) is 9.53 Å². The zero-order chi connectivity index (χ0) is 10.4. The number of nitrogens with zero attached hydrogens (tertiary/aromatic N) is 2. The van der Waals surface area contributed by atoms with Crippen LogP contribution in [0.4, 0.5) is 5.13 Å². The number of anilines is 1.